The summed E-state index contributed by atoms with van der Waals surface area (Å²) < 4.78 is 38.6. The van der Waals surface area contributed by atoms with Crippen molar-refractivity contribution in [3.8, 4) is 12.3 Å². The van der Waals surface area contributed by atoms with Gasteiger partial charge >= 0.3 is 17.8 Å². The Hall–Kier alpha value is -2.40. The third kappa shape index (κ3) is 3.26. The molecule has 0 atom stereocenters. The first-order chi connectivity index (χ1) is 10.3. The highest BCUT2D eigenvalue weighted by molar-refractivity contribution is 5.69. The Morgan fingerprint density at radius 2 is 1.91 bits per heavy atom. The zero-order valence-electron chi connectivity index (χ0n) is 11.3. The number of hydrogen-bond donors (Lipinski definition) is 1. The van der Waals surface area contributed by atoms with Crippen LogP contribution in [0.5, 0.6) is 0 Å². The Kier molecular flexibility index (Phi) is 4.19. The van der Waals surface area contributed by atoms with Gasteiger partial charge in [0, 0.05) is 12.1 Å². The molecule has 0 unspecified atom stereocenters. The van der Waals surface area contributed by atoms with Crippen LogP contribution in [0.3, 0.4) is 0 Å². The summed E-state index contributed by atoms with van der Waals surface area (Å²) in [5.74, 6) is 1.31. The first-order valence-corrected chi connectivity index (χ1v) is 6.26. The van der Waals surface area contributed by atoms with Crippen molar-refractivity contribution < 1.29 is 23.1 Å². The van der Waals surface area contributed by atoms with E-state index >= 15 is 0 Å². The van der Waals surface area contributed by atoms with E-state index in [0.717, 1.165) is 0 Å². The molecule has 1 aliphatic heterocycles. The van der Waals surface area contributed by atoms with Crippen LogP contribution in [0.15, 0.2) is 34.5 Å². The highest BCUT2D eigenvalue weighted by Gasteiger charge is 2.65. The van der Waals surface area contributed by atoms with Gasteiger partial charge in [-0.25, -0.2) is 0 Å². The fraction of sp³-hybridized carbons (Fsp3) is 0.357. The van der Waals surface area contributed by atoms with E-state index in [4.69, 9.17) is 11.5 Å². The van der Waals surface area contributed by atoms with Gasteiger partial charge in [-0.3, -0.25) is 9.69 Å². The number of carboxylic acids is 1. The summed E-state index contributed by atoms with van der Waals surface area (Å²) in [4.78, 5) is 12.2. The van der Waals surface area contributed by atoms with E-state index in [9.17, 15) is 18.0 Å². The quantitative estimate of drug-likeness (QED) is 0.820. The Morgan fingerprint density at radius 1 is 1.32 bits per heavy atom. The molecule has 1 heterocycles. The third-order valence-electron chi connectivity index (χ3n) is 3.13. The van der Waals surface area contributed by atoms with Crippen LogP contribution in [0.25, 0.3) is 0 Å². The van der Waals surface area contributed by atoms with E-state index < -0.39 is 17.8 Å². The molecular weight excluding hydrogens is 299 g/mol. The van der Waals surface area contributed by atoms with Gasteiger partial charge in [-0.05, 0) is 5.56 Å². The lowest BCUT2D eigenvalue weighted by Crippen LogP contribution is -2.31. The average Bonchev–Trinajstić information content (AvgIpc) is 3.20. The van der Waals surface area contributed by atoms with E-state index in [2.05, 4.69) is 16.1 Å². The Morgan fingerprint density at radius 3 is 2.32 bits per heavy atom. The van der Waals surface area contributed by atoms with Crippen LogP contribution in [0.4, 0.5) is 13.2 Å². The topological polar surface area (TPSA) is 65.3 Å². The molecule has 8 heteroatoms. The molecule has 0 spiro atoms. The van der Waals surface area contributed by atoms with E-state index in [1.807, 2.05) is 0 Å². The van der Waals surface area contributed by atoms with Crippen molar-refractivity contribution in [2.45, 2.75) is 18.4 Å². The number of hydrogen-bond acceptors (Lipinski definition) is 4. The van der Waals surface area contributed by atoms with Crippen molar-refractivity contribution in [1.82, 2.24) is 4.90 Å². The molecular formula is C14H12F3N3O2. The van der Waals surface area contributed by atoms with Crippen LogP contribution in [-0.2, 0) is 17.0 Å². The number of carboxylic acid groups (broad SMARTS) is 1. The first kappa shape index (κ1) is 16.0. The molecule has 0 bridgehead atoms. The Balaban J connectivity index is 2.09. The molecule has 0 fully saturated rings. The van der Waals surface area contributed by atoms with Crippen LogP contribution in [0.2, 0.25) is 0 Å². The second-order valence-electron chi connectivity index (χ2n) is 4.81. The highest BCUT2D eigenvalue weighted by atomic mass is 19.4. The molecule has 5 nitrogen and oxygen atoms in total. The fourth-order valence-electron chi connectivity index (χ4n) is 2.03. The summed E-state index contributed by atoms with van der Waals surface area (Å²) in [7, 11) is 0. The maximum atomic E-state index is 12.9. The Labute approximate surface area is 124 Å². The van der Waals surface area contributed by atoms with Gasteiger partial charge in [0.2, 0.25) is 0 Å². The number of benzene rings is 1. The SMILES string of the molecule is C#CCN(CC(=O)O)Cc1ccc(C2(C(F)(F)F)N=N2)cc1. The molecule has 116 valence electrons. The molecule has 0 radical (unpaired) electrons. The number of terminal acetylenes is 1. The number of aliphatic carboxylic acids is 1. The van der Waals surface area contributed by atoms with Crippen LogP contribution >= 0.6 is 0 Å². The molecule has 0 amide bonds. The number of rotatable bonds is 6. The van der Waals surface area contributed by atoms with Gasteiger partial charge in [0.25, 0.3) is 0 Å². The summed E-state index contributed by atoms with van der Waals surface area (Å²) in [5, 5.41) is 15.0. The van der Waals surface area contributed by atoms with Crippen molar-refractivity contribution in [2.75, 3.05) is 13.1 Å². The molecule has 0 saturated carbocycles. The molecule has 1 N–H and O–H groups in total. The standard InChI is InChI=1S/C14H12F3N3O2/c1-2-7-20(9-12(21)22)8-10-3-5-11(6-4-10)13(18-19-13)14(15,16)17/h1,3-6H,7-9H2,(H,21,22). The molecule has 0 aromatic heterocycles. The van der Waals surface area contributed by atoms with Gasteiger partial charge in [0.05, 0.1) is 13.1 Å². The van der Waals surface area contributed by atoms with Crippen molar-refractivity contribution >= 4 is 5.97 Å². The van der Waals surface area contributed by atoms with Crippen LogP contribution in [0.1, 0.15) is 11.1 Å². The number of nitrogens with zero attached hydrogens (tertiary/aromatic N) is 3. The number of alkyl halides is 3. The summed E-state index contributed by atoms with van der Waals surface area (Å²) >= 11 is 0. The van der Waals surface area contributed by atoms with Crippen molar-refractivity contribution in [2.24, 2.45) is 10.2 Å². The van der Waals surface area contributed by atoms with Gasteiger partial charge in [-0.1, -0.05) is 30.2 Å². The molecule has 2 rings (SSSR count). The normalized spacial score (nSPS) is 15.6. The lowest BCUT2D eigenvalue weighted by atomic mass is 10.0. The largest absolute Gasteiger partial charge is 0.480 e. The molecule has 1 aromatic rings. The van der Waals surface area contributed by atoms with E-state index in [-0.39, 0.29) is 25.2 Å². The van der Waals surface area contributed by atoms with Crippen molar-refractivity contribution in [1.29, 1.82) is 0 Å². The van der Waals surface area contributed by atoms with Gasteiger partial charge in [0.1, 0.15) is 0 Å². The predicted molar refractivity (Wildman–Crippen MR) is 70.8 cm³/mol. The maximum Gasteiger partial charge on any atom is 0.442 e. The highest BCUT2D eigenvalue weighted by Crippen LogP contribution is 2.52. The smallest absolute Gasteiger partial charge is 0.442 e. The minimum absolute atomic E-state index is 0.0644. The molecule has 22 heavy (non-hydrogen) atoms. The monoisotopic (exact) mass is 311 g/mol. The maximum absolute atomic E-state index is 12.9. The van der Waals surface area contributed by atoms with Gasteiger partial charge in [0.15, 0.2) is 0 Å². The number of carbonyl (C=O) groups is 1. The zero-order chi connectivity index (χ0) is 16.4. The zero-order valence-corrected chi connectivity index (χ0v) is 11.3. The van der Waals surface area contributed by atoms with Gasteiger partial charge < -0.3 is 5.11 Å². The fourth-order valence-corrected chi connectivity index (χ4v) is 2.03. The Bertz CT molecular complexity index is 626. The van der Waals surface area contributed by atoms with Crippen molar-refractivity contribution in [3.63, 3.8) is 0 Å². The molecule has 1 aromatic carbocycles. The minimum Gasteiger partial charge on any atom is -0.480 e. The van der Waals surface area contributed by atoms with E-state index in [0.29, 0.717) is 5.56 Å². The molecule has 1 aliphatic rings. The summed E-state index contributed by atoms with van der Waals surface area (Å²) in [6, 6.07) is 5.55. The van der Waals surface area contributed by atoms with E-state index in [1.165, 1.54) is 29.2 Å². The average molecular weight is 311 g/mol. The molecule has 0 aliphatic carbocycles. The lowest BCUT2D eigenvalue weighted by molar-refractivity contribution is -0.166. The van der Waals surface area contributed by atoms with E-state index in [1.54, 1.807) is 0 Å². The lowest BCUT2D eigenvalue weighted by Gasteiger charge is -2.18. The van der Waals surface area contributed by atoms with Crippen molar-refractivity contribution in [3.05, 3.63) is 35.4 Å². The summed E-state index contributed by atoms with van der Waals surface area (Å²) in [5.41, 5.74) is -1.85. The molecule has 0 saturated heterocycles. The van der Waals surface area contributed by atoms with Gasteiger partial charge in [-0.15, -0.1) is 16.7 Å². The van der Waals surface area contributed by atoms with Crippen LogP contribution < -0.4 is 0 Å². The van der Waals surface area contributed by atoms with Crippen LogP contribution in [-0.4, -0.2) is 35.2 Å². The summed E-state index contributed by atoms with van der Waals surface area (Å²) in [6.07, 6.45) is 0.600. The predicted octanol–water partition coefficient (Wildman–Crippen LogP) is 2.39. The summed E-state index contributed by atoms with van der Waals surface area (Å²) in [6.45, 7) is 0.110. The second kappa shape index (κ2) is 5.77. The number of halogens is 3. The van der Waals surface area contributed by atoms with Crippen LogP contribution in [0, 0.1) is 12.3 Å². The third-order valence-corrected chi connectivity index (χ3v) is 3.13. The minimum atomic E-state index is -4.56. The van der Waals surface area contributed by atoms with Gasteiger partial charge in [-0.2, -0.15) is 13.2 Å². The first-order valence-electron chi connectivity index (χ1n) is 6.26. The second-order valence-corrected chi connectivity index (χ2v) is 4.81.